The van der Waals surface area contributed by atoms with Gasteiger partial charge in [-0.1, -0.05) is 34.1 Å². The van der Waals surface area contributed by atoms with Crippen molar-refractivity contribution in [1.82, 2.24) is 0 Å². The van der Waals surface area contributed by atoms with Gasteiger partial charge in [0.2, 0.25) is 0 Å². The van der Waals surface area contributed by atoms with Crippen molar-refractivity contribution >= 4 is 53.4 Å². The van der Waals surface area contributed by atoms with Crippen molar-refractivity contribution in [3.63, 3.8) is 0 Å². The summed E-state index contributed by atoms with van der Waals surface area (Å²) < 4.78 is 22.1. The van der Waals surface area contributed by atoms with Gasteiger partial charge in [-0.15, -0.1) is 0 Å². The summed E-state index contributed by atoms with van der Waals surface area (Å²) in [5.74, 6) is 0.650. The predicted octanol–water partition coefficient (Wildman–Crippen LogP) is 7.79. The van der Waals surface area contributed by atoms with Gasteiger partial charge in [0.05, 0.1) is 0 Å². The Hall–Kier alpha value is -1.65. The SMILES string of the molecule is CC.CC(C)(C)OC(=O)Oc1ccc([Te](Cl)(Cl)c2ccc(OC(=O)OC(C)(C)C)cc2)cc1.CCC. The Balaban J connectivity index is 0.00000227. The van der Waals surface area contributed by atoms with Crippen LogP contribution in [0.15, 0.2) is 48.5 Å². The quantitative estimate of drug-likeness (QED) is 0.190. The molecule has 0 aromatic heterocycles. The Morgan fingerprint density at radius 2 is 0.917 bits per heavy atom. The molecule has 2 aromatic rings. The second kappa shape index (κ2) is 15.6. The third-order valence-electron chi connectivity index (χ3n) is 3.42. The summed E-state index contributed by atoms with van der Waals surface area (Å²) in [5, 5.41) is 0. The maximum atomic E-state index is 11.8. The second-order valence-electron chi connectivity index (χ2n) is 9.25. The van der Waals surface area contributed by atoms with E-state index in [4.69, 9.17) is 36.9 Å². The van der Waals surface area contributed by atoms with E-state index >= 15 is 0 Å². The molecule has 0 bridgehead atoms. The summed E-state index contributed by atoms with van der Waals surface area (Å²) in [6.45, 7) is 18.8. The van der Waals surface area contributed by atoms with Gasteiger partial charge >= 0.3 is 195 Å². The minimum absolute atomic E-state index is 0.325. The van der Waals surface area contributed by atoms with Crippen LogP contribution in [0.5, 0.6) is 11.5 Å². The molecule has 0 atom stereocenters. The molecular weight excluding hydrogens is 619 g/mol. The van der Waals surface area contributed by atoms with E-state index in [2.05, 4.69) is 13.8 Å². The summed E-state index contributed by atoms with van der Waals surface area (Å²) in [6, 6.07) is 13.4. The van der Waals surface area contributed by atoms with E-state index in [0.717, 1.165) is 7.22 Å². The standard InChI is InChI=1S/C22H26Cl2O6Te.C3H8.C2H6/c1-21(2,3)29-19(25)27-15-7-11-17(12-8-15)31(23,24)18-13-9-16(10-14-18)28-20(26)30-22(4,5)6;1-3-2;1-2/h7-14H,1-6H3;3H2,1-2H3;1-2H3. The Kier molecular flexibility index (Phi) is 14.9. The first kappa shape index (κ1) is 34.3. The van der Waals surface area contributed by atoms with Crippen LogP contribution in [0, 0.1) is 0 Å². The summed E-state index contributed by atoms with van der Waals surface area (Å²) >= 11 is -3.67. The van der Waals surface area contributed by atoms with Crippen LogP contribution in [-0.2, 0) is 9.47 Å². The molecule has 36 heavy (non-hydrogen) atoms. The van der Waals surface area contributed by atoms with Crippen LogP contribution in [-0.4, -0.2) is 39.5 Å². The Morgan fingerprint density at radius 3 is 1.14 bits per heavy atom. The first-order valence-corrected chi connectivity index (χ1v) is 20.0. The molecule has 204 valence electrons. The van der Waals surface area contributed by atoms with Crippen molar-refractivity contribution < 1.29 is 28.5 Å². The average Bonchev–Trinajstić information content (AvgIpc) is 2.74. The van der Waals surface area contributed by atoms with Gasteiger partial charge in [0, 0.05) is 0 Å². The third kappa shape index (κ3) is 13.6. The number of hydrogen-bond donors (Lipinski definition) is 0. The molecule has 0 aliphatic rings. The number of benzene rings is 2. The fourth-order valence-electron chi connectivity index (χ4n) is 2.23. The van der Waals surface area contributed by atoms with Crippen molar-refractivity contribution in [1.29, 1.82) is 0 Å². The number of hydrogen-bond acceptors (Lipinski definition) is 6. The summed E-state index contributed by atoms with van der Waals surface area (Å²) in [6.07, 6.45) is -0.323. The van der Waals surface area contributed by atoms with Gasteiger partial charge in [-0.25, -0.2) is 0 Å². The van der Waals surface area contributed by atoms with Crippen molar-refractivity contribution in [2.45, 2.75) is 86.9 Å². The molecule has 0 N–H and O–H groups in total. The summed E-state index contributed by atoms with van der Waals surface area (Å²) in [5.41, 5.74) is -1.29. The van der Waals surface area contributed by atoms with Crippen LogP contribution in [0.3, 0.4) is 0 Å². The number of carbonyl (C=O) groups excluding carboxylic acids is 2. The van der Waals surface area contributed by atoms with Crippen LogP contribution in [0.1, 0.15) is 75.7 Å². The molecule has 0 fully saturated rings. The van der Waals surface area contributed by atoms with E-state index in [1.165, 1.54) is 6.42 Å². The predicted molar refractivity (Wildman–Crippen MR) is 151 cm³/mol. The molecule has 0 aliphatic carbocycles. The van der Waals surface area contributed by atoms with Gasteiger partial charge < -0.3 is 0 Å². The summed E-state index contributed by atoms with van der Waals surface area (Å²) in [7, 11) is 13.5. The topological polar surface area (TPSA) is 71.1 Å². The fraction of sp³-hybridized carbons (Fsp3) is 0.481. The Bertz CT molecular complexity index is 855. The van der Waals surface area contributed by atoms with E-state index in [-0.39, 0.29) is 0 Å². The van der Waals surface area contributed by atoms with Gasteiger partial charge in [0.25, 0.3) is 0 Å². The van der Waals surface area contributed by atoms with Gasteiger partial charge in [-0.05, 0) is 0 Å². The zero-order chi connectivity index (χ0) is 28.2. The van der Waals surface area contributed by atoms with Gasteiger partial charge in [0.15, 0.2) is 0 Å². The molecule has 9 heteroatoms. The molecule has 2 aromatic carbocycles. The smallest absolute Gasteiger partial charge is 0.0590 e. The fourth-order valence-corrected chi connectivity index (χ4v) is 8.49. The second-order valence-corrected chi connectivity index (χ2v) is 21.9. The van der Waals surface area contributed by atoms with Crippen LogP contribution in [0.4, 0.5) is 9.59 Å². The first-order valence-electron chi connectivity index (χ1n) is 11.8. The van der Waals surface area contributed by atoms with Crippen LogP contribution in [0.25, 0.3) is 0 Å². The Labute approximate surface area is 227 Å². The van der Waals surface area contributed by atoms with E-state index in [0.29, 0.717) is 11.5 Å². The molecule has 6 nitrogen and oxygen atoms in total. The molecule has 0 radical (unpaired) electrons. The van der Waals surface area contributed by atoms with Gasteiger partial charge in [-0.3, -0.25) is 0 Å². The zero-order valence-electron chi connectivity index (χ0n) is 22.9. The molecule has 0 aliphatic heterocycles. The van der Waals surface area contributed by atoms with E-state index in [9.17, 15) is 9.59 Å². The van der Waals surface area contributed by atoms with E-state index in [1.54, 1.807) is 90.1 Å². The van der Waals surface area contributed by atoms with E-state index in [1.807, 2.05) is 13.8 Å². The van der Waals surface area contributed by atoms with Crippen molar-refractivity contribution in [3.05, 3.63) is 48.5 Å². The number of carbonyl (C=O) groups is 2. The first-order chi connectivity index (χ1) is 16.6. The minimum Gasteiger partial charge on any atom is -0.0656 e. The maximum Gasteiger partial charge on any atom is -0.0590 e. The minimum atomic E-state index is -3.67. The van der Waals surface area contributed by atoms with E-state index < -0.39 is 39.5 Å². The maximum absolute atomic E-state index is 11.8. The summed E-state index contributed by atoms with van der Waals surface area (Å²) in [4.78, 5) is 23.6. The van der Waals surface area contributed by atoms with Crippen molar-refractivity contribution in [2.75, 3.05) is 0 Å². The molecular formula is C27H40Cl2O6Te. The van der Waals surface area contributed by atoms with Gasteiger partial charge in [0.1, 0.15) is 0 Å². The van der Waals surface area contributed by atoms with Crippen LogP contribution in [0.2, 0.25) is 0 Å². The molecule has 0 heterocycles. The normalized spacial score (nSPS) is 11.6. The molecule has 0 unspecified atom stereocenters. The number of ether oxygens (including phenoxy) is 4. The molecule has 0 amide bonds. The Morgan fingerprint density at radius 1 is 0.667 bits per heavy atom. The molecule has 0 spiro atoms. The van der Waals surface area contributed by atoms with Crippen LogP contribution >= 0.6 is 17.9 Å². The third-order valence-corrected chi connectivity index (χ3v) is 13.1. The monoisotopic (exact) mass is 660 g/mol. The zero-order valence-corrected chi connectivity index (χ0v) is 26.8. The largest absolute Gasteiger partial charge is 0.0656 e. The number of halogens is 2. The van der Waals surface area contributed by atoms with Crippen LogP contribution < -0.4 is 16.7 Å². The average molecular weight is 659 g/mol. The molecule has 2 rings (SSSR count). The van der Waals surface area contributed by atoms with Crippen molar-refractivity contribution in [2.24, 2.45) is 0 Å². The number of rotatable bonds is 4. The molecule has 0 saturated heterocycles. The van der Waals surface area contributed by atoms with Gasteiger partial charge in [-0.2, -0.15) is 0 Å². The molecule has 0 saturated carbocycles. The van der Waals surface area contributed by atoms with Crippen molar-refractivity contribution in [3.8, 4) is 11.5 Å².